The number of amides is 1. The molecule has 4 heteroatoms. The predicted octanol–water partition coefficient (Wildman–Crippen LogP) is 0.726. The Morgan fingerprint density at radius 1 is 1.50 bits per heavy atom. The van der Waals surface area contributed by atoms with Crippen LogP contribution in [0.4, 0.5) is 0 Å². The van der Waals surface area contributed by atoms with Crippen LogP contribution in [0.2, 0.25) is 0 Å². The molecule has 0 atom stereocenters. The van der Waals surface area contributed by atoms with E-state index in [-0.39, 0.29) is 18.2 Å². The number of aryl methyl sites for hydroxylation is 1. The van der Waals surface area contributed by atoms with Crippen LogP contribution in [0.3, 0.4) is 0 Å². The lowest BCUT2D eigenvalue weighted by Crippen LogP contribution is -2.23. The molecule has 1 aromatic rings. The SMILES string of the molecule is Cc1ccc(CC(=O)N(C)C)c(O)n1. The summed E-state index contributed by atoms with van der Waals surface area (Å²) in [5.41, 5.74) is 1.30. The van der Waals surface area contributed by atoms with E-state index in [9.17, 15) is 9.90 Å². The number of hydrogen-bond donors (Lipinski definition) is 1. The average Bonchev–Trinajstić information content (AvgIpc) is 2.09. The van der Waals surface area contributed by atoms with Gasteiger partial charge in [-0.2, -0.15) is 0 Å². The van der Waals surface area contributed by atoms with Crippen molar-refractivity contribution in [2.24, 2.45) is 0 Å². The lowest BCUT2D eigenvalue weighted by Gasteiger charge is -2.10. The van der Waals surface area contributed by atoms with Crippen molar-refractivity contribution in [1.82, 2.24) is 9.88 Å². The molecule has 0 unspecified atom stereocenters. The molecule has 14 heavy (non-hydrogen) atoms. The van der Waals surface area contributed by atoms with Gasteiger partial charge in [-0.3, -0.25) is 4.79 Å². The predicted molar refractivity (Wildman–Crippen MR) is 53.0 cm³/mol. The van der Waals surface area contributed by atoms with Gasteiger partial charge in [-0.1, -0.05) is 6.07 Å². The van der Waals surface area contributed by atoms with Crippen molar-refractivity contribution >= 4 is 5.91 Å². The lowest BCUT2D eigenvalue weighted by atomic mass is 10.1. The molecule has 4 nitrogen and oxygen atoms in total. The summed E-state index contributed by atoms with van der Waals surface area (Å²) < 4.78 is 0. The Labute approximate surface area is 83.2 Å². The summed E-state index contributed by atoms with van der Waals surface area (Å²) >= 11 is 0. The number of nitrogens with zero attached hydrogens (tertiary/aromatic N) is 2. The number of aromatic nitrogens is 1. The van der Waals surface area contributed by atoms with Crippen LogP contribution < -0.4 is 0 Å². The van der Waals surface area contributed by atoms with Gasteiger partial charge in [0.05, 0.1) is 6.42 Å². The second kappa shape index (κ2) is 4.09. The highest BCUT2D eigenvalue weighted by molar-refractivity contribution is 5.78. The third-order valence-corrected chi connectivity index (χ3v) is 1.94. The van der Waals surface area contributed by atoms with Crippen LogP contribution in [-0.2, 0) is 11.2 Å². The van der Waals surface area contributed by atoms with E-state index in [2.05, 4.69) is 4.98 Å². The van der Waals surface area contributed by atoms with Crippen LogP contribution in [0.1, 0.15) is 11.3 Å². The lowest BCUT2D eigenvalue weighted by molar-refractivity contribution is -0.128. The minimum absolute atomic E-state index is 0.0500. The Morgan fingerprint density at radius 3 is 2.64 bits per heavy atom. The standard InChI is InChI=1S/C10H14N2O2/c1-7-4-5-8(10(14)11-7)6-9(13)12(2)3/h4-5H,6H2,1-3H3,(H,11,14). The van der Waals surface area contributed by atoms with Gasteiger partial charge in [0.2, 0.25) is 11.8 Å². The largest absolute Gasteiger partial charge is 0.493 e. The van der Waals surface area contributed by atoms with Crippen molar-refractivity contribution in [3.05, 3.63) is 23.4 Å². The second-order valence-corrected chi connectivity index (χ2v) is 3.40. The molecule has 0 aromatic carbocycles. The van der Waals surface area contributed by atoms with E-state index in [1.807, 2.05) is 0 Å². The average molecular weight is 194 g/mol. The van der Waals surface area contributed by atoms with E-state index in [0.717, 1.165) is 5.69 Å². The first-order chi connectivity index (χ1) is 6.50. The third-order valence-electron chi connectivity index (χ3n) is 1.94. The van der Waals surface area contributed by atoms with Crippen molar-refractivity contribution in [2.75, 3.05) is 14.1 Å². The second-order valence-electron chi connectivity index (χ2n) is 3.40. The van der Waals surface area contributed by atoms with E-state index >= 15 is 0 Å². The number of pyridine rings is 1. The maximum absolute atomic E-state index is 11.3. The van der Waals surface area contributed by atoms with Crippen LogP contribution in [0.5, 0.6) is 5.88 Å². The third kappa shape index (κ3) is 2.45. The minimum Gasteiger partial charge on any atom is -0.493 e. The quantitative estimate of drug-likeness (QED) is 0.755. The minimum atomic E-state index is -0.0554. The van der Waals surface area contributed by atoms with Gasteiger partial charge >= 0.3 is 0 Å². The number of likely N-dealkylation sites (N-methyl/N-ethyl adjacent to an activating group) is 1. The molecule has 0 aliphatic rings. The van der Waals surface area contributed by atoms with E-state index in [0.29, 0.717) is 5.56 Å². The van der Waals surface area contributed by atoms with Gasteiger partial charge in [0.25, 0.3) is 0 Å². The van der Waals surface area contributed by atoms with Crippen molar-refractivity contribution < 1.29 is 9.90 Å². The maximum Gasteiger partial charge on any atom is 0.226 e. The topological polar surface area (TPSA) is 53.4 Å². The normalized spacial score (nSPS) is 9.93. The summed E-state index contributed by atoms with van der Waals surface area (Å²) in [6.45, 7) is 1.79. The first kappa shape index (κ1) is 10.5. The van der Waals surface area contributed by atoms with Crippen LogP contribution >= 0.6 is 0 Å². The van der Waals surface area contributed by atoms with Crippen molar-refractivity contribution in [3.63, 3.8) is 0 Å². The molecule has 1 N–H and O–H groups in total. The highest BCUT2D eigenvalue weighted by atomic mass is 16.3. The molecule has 1 rings (SSSR count). The summed E-state index contributed by atoms with van der Waals surface area (Å²) in [6, 6.07) is 3.50. The van der Waals surface area contributed by atoms with Gasteiger partial charge in [-0.25, -0.2) is 4.98 Å². The number of carbonyl (C=O) groups excluding carboxylic acids is 1. The number of hydrogen-bond acceptors (Lipinski definition) is 3. The molecular weight excluding hydrogens is 180 g/mol. The highest BCUT2D eigenvalue weighted by Crippen LogP contribution is 2.14. The fourth-order valence-electron chi connectivity index (χ4n) is 1.03. The van der Waals surface area contributed by atoms with Gasteiger partial charge in [-0.05, 0) is 13.0 Å². The smallest absolute Gasteiger partial charge is 0.226 e. The van der Waals surface area contributed by atoms with Crippen molar-refractivity contribution in [2.45, 2.75) is 13.3 Å². The Morgan fingerprint density at radius 2 is 2.14 bits per heavy atom. The van der Waals surface area contributed by atoms with Crippen molar-refractivity contribution in [1.29, 1.82) is 0 Å². The van der Waals surface area contributed by atoms with E-state index < -0.39 is 0 Å². The molecule has 0 saturated carbocycles. The molecule has 1 aromatic heterocycles. The molecule has 1 heterocycles. The first-order valence-electron chi connectivity index (χ1n) is 4.36. The van der Waals surface area contributed by atoms with Crippen LogP contribution in [-0.4, -0.2) is 35.0 Å². The zero-order valence-corrected chi connectivity index (χ0v) is 8.61. The Kier molecular flexibility index (Phi) is 3.06. The molecule has 0 aliphatic carbocycles. The van der Waals surface area contributed by atoms with Crippen LogP contribution in [0.25, 0.3) is 0 Å². The van der Waals surface area contributed by atoms with E-state index in [4.69, 9.17) is 0 Å². The van der Waals surface area contributed by atoms with Gasteiger partial charge in [0, 0.05) is 25.4 Å². The molecule has 76 valence electrons. The highest BCUT2D eigenvalue weighted by Gasteiger charge is 2.09. The maximum atomic E-state index is 11.3. The number of aromatic hydroxyl groups is 1. The Bertz CT molecular complexity index is 348. The molecule has 1 amide bonds. The number of rotatable bonds is 2. The zero-order valence-electron chi connectivity index (χ0n) is 8.61. The summed E-state index contributed by atoms with van der Waals surface area (Å²) in [7, 11) is 3.36. The fraction of sp³-hybridized carbons (Fsp3) is 0.400. The molecule has 0 aliphatic heterocycles. The molecule has 0 bridgehead atoms. The molecule has 0 saturated heterocycles. The zero-order chi connectivity index (χ0) is 10.7. The Hall–Kier alpha value is -1.58. The molecular formula is C10H14N2O2. The monoisotopic (exact) mass is 194 g/mol. The Balaban J connectivity index is 2.82. The summed E-state index contributed by atoms with van der Waals surface area (Å²) in [4.78, 5) is 16.7. The van der Waals surface area contributed by atoms with Crippen molar-refractivity contribution in [3.8, 4) is 5.88 Å². The summed E-state index contributed by atoms with van der Waals surface area (Å²) in [5, 5.41) is 9.44. The number of carbonyl (C=O) groups is 1. The fourth-order valence-corrected chi connectivity index (χ4v) is 1.03. The van der Waals surface area contributed by atoms with Crippen LogP contribution in [0, 0.1) is 6.92 Å². The van der Waals surface area contributed by atoms with Gasteiger partial charge in [0.1, 0.15) is 0 Å². The van der Waals surface area contributed by atoms with E-state index in [1.54, 1.807) is 33.2 Å². The molecule has 0 spiro atoms. The van der Waals surface area contributed by atoms with Crippen LogP contribution in [0.15, 0.2) is 12.1 Å². The van der Waals surface area contributed by atoms with Gasteiger partial charge in [0.15, 0.2) is 0 Å². The van der Waals surface area contributed by atoms with E-state index in [1.165, 1.54) is 4.90 Å². The molecule has 0 radical (unpaired) electrons. The molecule has 0 fully saturated rings. The first-order valence-corrected chi connectivity index (χ1v) is 4.36. The van der Waals surface area contributed by atoms with Gasteiger partial charge in [-0.15, -0.1) is 0 Å². The summed E-state index contributed by atoms with van der Waals surface area (Å²) in [5.74, 6) is -0.105. The summed E-state index contributed by atoms with van der Waals surface area (Å²) in [6.07, 6.45) is 0.187. The van der Waals surface area contributed by atoms with Gasteiger partial charge < -0.3 is 10.0 Å².